The van der Waals surface area contributed by atoms with Crippen molar-refractivity contribution in [3.8, 4) is 11.5 Å². The Balaban J connectivity index is 1.44. The topological polar surface area (TPSA) is 82.7 Å². The van der Waals surface area contributed by atoms with E-state index in [1.807, 2.05) is 30.3 Å². The fraction of sp³-hybridized carbons (Fsp3) is 0.103. The van der Waals surface area contributed by atoms with Crippen molar-refractivity contribution in [2.75, 3.05) is 28.6 Å². The number of para-hydroxylation sites is 2. The number of halogens is 4. The lowest BCUT2D eigenvalue weighted by atomic mass is 10.1. The van der Waals surface area contributed by atoms with Gasteiger partial charge in [0.2, 0.25) is 0 Å². The van der Waals surface area contributed by atoms with Crippen LogP contribution in [0.25, 0.3) is 0 Å². The van der Waals surface area contributed by atoms with Gasteiger partial charge in [0.25, 0.3) is 0 Å². The highest BCUT2D eigenvalue weighted by Gasteiger charge is 2.33. The Hall–Kier alpha value is -4.70. The van der Waals surface area contributed by atoms with Gasteiger partial charge in [-0.1, -0.05) is 41.9 Å². The minimum Gasteiger partial charge on any atom is -0.457 e. The van der Waals surface area contributed by atoms with Crippen LogP contribution in [-0.2, 0) is 6.18 Å². The minimum atomic E-state index is -4.63. The van der Waals surface area contributed by atoms with E-state index in [0.29, 0.717) is 27.9 Å². The maximum absolute atomic E-state index is 13.2. The molecule has 3 N–H and O–H groups in total. The maximum Gasteiger partial charge on any atom is 0.418 e. The first-order valence-corrected chi connectivity index (χ1v) is 12.4. The van der Waals surface area contributed by atoms with Gasteiger partial charge in [0, 0.05) is 29.5 Å². The number of ether oxygens (including phenoxy) is 1. The molecule has 0 atom stereocenters. The van der Waals surface area contributed by atoms with Crippen LogP contribution in [0.4, 0.5) is 39.8 Å². The quantitative estimate of drug-likeness (QED) is 0.201. The molecule has 4 aromatic carbocycles. The number of carbonyl (C=O) groups excluding carboxylic acids is 2. The van der Waals surface area contributed by atoms with Crippen LogP contribution in [0.5, 0.6) is 11.5 Å². The summed E-state index contributed by atoms with van der Waals surface area (Å²) in [5, 5.41) is 7.99. The summed E-state index contributed by atoms with van der Waals surface area (Å²) in [6.45, 7) is -0.0526. The second-order valence-corrected chi connectivity index (χ2v) is 8.86. The Labute approximate surface area is 233 Å². The Morgan fingerprint density at radius 1 is 0.775 bits per heavy atom. The van der Waals surface area contributed by atoms with Crippen LogP contribution in [0.15, 0.2) is 103 Å². The molecule has 4 aromatic rings. The molecular weight excluding hydrogens is 545 g/mol. The highest BCUT2D eigenvalue weighted by atomic mass is 35.5. The van der Waals surface area contributed by atoms with Crippen LogP contribution in [0.3, 0.4) is 0 Å². The van der Waals surface area contributed by atoms with Gasteiger partial charge in [-0.25, -0.2) is 9.59 Å². The average Bonchev–Trinajstić information content (AvgIpc) is 2.93. The highest BCUT2D eigenvalue weighted by Crippen LogP contribution is 2.34. The van der Waals surface area contributed by atoms with E-state index in [0.717, 1.165) is 12.1 Å². The number of benzene rings is 4. The lowest BCUT2D eigenvalue weighted by Gasteiger charge is -2.24. The molecule has 0 unspecified atom stereocenters. The number of hydrogen-bond donors (Lipinski definition) is 3. The van der Waals surface area contributed by atoms with Gasteiger partial charge in [-0.15, -0.1) is 0 Å². The van der Waals surface area contributed by atoms with Gasteiger partial charge in [0.15, 0.2) is 0 Å². The van der Waals surface area contributed by atoms with Crippen molar-refractivity contribution in [2.24, 2.45) is 0 Å². The van der Waals surface area contributed by atoms with Crippen molar-refractivity contribution < 1.29 is 27.5 Å². The molecule has 0 spiro atoms. The van der Waals surface area contributed by atoms with Gasteiger partial charge >= 0.3 is 18.2 Å². The zero-order valence-electron chi connectivity index (χ0n) is 20.9. The van der Waals surface area contributed by atoms with E-state index in [1.54, 1.807) is 48.5 Å². The van der Waals surface area contributed by atoms with Crippen LogP contribution >= 0.6 is 11.6 Å². The number of nitrogens with zero attached hydrogens (tertiary/aromatic N) is 1. The van der Waals surface area contributed by atoms with Crippen molar-refractivity contribution in [3.63, 3.8) is 0 Å². The predicted octanol–water partition coefficient (Wildman–Crippen LogP) is 8.01. The fourth-order valence-electron chi connectivity index (χ4n) is 3.68. The molecule has 0 aliphatic rings. The summed E-state index contributed by atoms with van der Waals surface area (Å²) in [7, 11) is 0. The third-order valence-corrected chi connectivity index (χ3v) is 5.82. The number of rotatable bonds is 8. The van der Waals surface area contributed by atoms with Gasteiger partial charge in [0.05, 0.1) is 11.3 Å². The van der Waals surface area contributed by atoms with Crippen molar-refractivity contribution in [3.05, 3.63) is 114 Å². The summed E-state index contributed by atoms with van der Waals surface area (Å²) in [6, 6.07) is 25.8. The van der Waals surface area contributed by atoms with Gasteiger partial charge in [-0.3, -0.25) is 4.90 Å². The number of nitrogens with one attached hydrogen (secondary N) is 3. The first kappa shape index (κ1) is 28.3. The zero-order chi connectivity index (χ0) is 28.5. The van der Waals surface area contributed by atoms with E-state index in [-0.39, 0.29) is 18.8 Å². The van der Waals surface area contributed by atoms with E-state index >= 15 is 0 Å². The zero-order valence-corrected chi connectivity index (χ0v) is 21.7. The lowest BCUT2D eigenvalue weighted by molar-refractivity contribution is -0.136. The van der Waals surface area contributed by atoms with Gasteiger partial charge < -0.3 is 20.7 Å². The monoisotopic (exact) mass is 568 g/mol. The second kappa shape index (κ2) is 12.9. The van der Waals surface area contributed by atoms with Crippen LogP contribution in [-0.4, -0.2) is 25.2 Å². The highest BCUT2D eigenvalue weighted by molar-refractivity contribution is 6.30. The van der Waals surface area contributed by atoms with Crippen LogP contribution in [0.2, 0.25) is 5.02 Å². The van der Waals surface area contributed by atoms with E-state index in [2.05, 4.69) is 16.0 Å². The fourth-order valence-corrected chi connectivity index (χ4v) is 3.80. The summed E-state index contributed by atoms with van der Waals surface area (Å²) in [5.41, 5.74) is -0.347. The summed E-state index contributed by atoms with van der Waals surface area (Å²) < 4.78 is 45.5. The van der Waals surface area contributed by atoms with E-state index < -0.39 is 23.8 Å². The van der Waals surface area contributed by atoms with E-state index in [4.69, 9.17) is 16.3 Å². The van der Waals surface area contributed by atoms with Crippen molar-refractivity contribution in [1.82, 2.24) is 5.32 Å². The Kier molecular flexibility index (Phi) is 9.13. The first-order chi connectivity index (χ1) is 19.2. The summed E-state index contributed by atoms with van der Waals surface area (Å²) in [4.78, 5) is 27.0. The Morgan fingerprint density at radius 3 is 2.08 bits per heavy atom. The Bertz CT molecular complexity index is 1430. The molecule has 0 aliphatic carbocycles. The molecule has 0 saturated heterocycles. The molecule has 4 rings (SSSR count). The molecule has 11 heteroatoms. The molecule has 7 nitrogen and oxygen atoms in total. The molecule has 0 bridgehead atoms. The molecule has 0 radical (unpaired) electrons. The Morgan fingerprint density at radius 2 is 1.40 bits per heavy atom. The third-order valence-electron chi connectivity index (χ3n) is 5.57. The number of urea groups is 2. The summed E-state index contributed by atoms with van der Waals surface area (Å²) in [6.07, 6.45) is -4.63. The van der Waals surface area contributed by atoms with Crippen molar-refractivity contribution in [2.45, 2.75) is 6.18 Å². The number of hydrogen-bond acceptors (Lipinski definition) is 3. The molecule has 0 saturated carbocycles. The number of anilines is 3. The standard InChI is InChI=1S/C29H24ClF3N4O3/c30-20-10-12-21(13-11-20)35-28(39)37(22-14-16-24(17-15-22)40-23-6-2-1-3-7-23)19-18-34-27(38)36-26-9-5-4-8-25(26)29(31,32)33/h1-17H,18-19H2,(H,35,39)(H2,34,36,38). The number of alkyl halides is 3. The van der Waals surface area contributed by atoms with Crippen LogP contribution in [0.1, 0.15) is 5.56 Å². The van der Waals surface area contributed by atoms with Gasteiger partial charge in [-0.2, -0.15) is 13.2 Å². The van der Waals surface area contributed by atoms with Gasteiger partial charge in [0.1, 0.15) is 11.5 Å². The van der Waals surface area contributed by atoms with Crippen LogP contribution in [0, 0.1) is 0 Å². The average molecular weight is 569 g/mol. The SMILES string of the molecule is O=C(NCCN(C(=O)Nc1ccc(Cl)cc1)c1ccc(Oc2ccccc2)cc1)Nc1ccccc1C(F)(F)F. The maximum atomic E-state index is 13.2. The summed E-state index contributed by atoms with van der Waals surface area (Å²) in [5.74, 6) is 1.20. The second-order valence-electron chi connectivity index (χ2n) is 8.42. The predicted molar refractivity (Wildman–Crippen MR) is 149 cm³/mol. The van der Waals surface area contributed by atoms with E-state index in [1.165, 1.54) is 17.0 Å². The third kappa shape index (κ3) is 7.90. The minimum absolute atomic E-state index is 0.00660. The van der Waals surface area contributed by atoms with Crippen molar-refractivity contribution >= 4 is 40.7 Å². The molecule has 0 aromatic heterocycles. The normalized spacial score (nSPS) is 10.9. The number of amides is 4. The molecule has 0 aliphatic heterocycles. The smallest absolute Gasteiger partial charge is 0.418 e. The molecule has 4 amide bonds. The number of carbonyl (C=O) groups is 2. The summed E-state index contributed by atoms with van der Waals surface area (Å²) >= 11 is 5.93. The molecular formula is C29H24ClF3N4O3. The molecule has 0 fully saturated rings. The van der Waals surface area contributed by atoms with E-state index in [9.17, 15) is 22.8 Å². The van der Waals surface area contributed by atoms with Gasteiger partial charge in [-0.05, 0) is 72.8 Å². The molecule has 206 valence electrons. The molecule has 40 heavy (non-hydrogen) atoms. The van der Waals surface area contributed by atoms with Crippen LogP contribution < -0.4 is 25.6 Å². The van der Waals surface area contributed by atoms with Crippen molar-refractivity contribution in [1.29, 1.82) is 0 Å². The largest absolute Gasteiger partial charge is 0.457 e. The lowest BCUT2D eigenvalue weighted by Crippen LogP contribution is -2.42. The molecule has 0 heterocycles. The first-order valence-electron chi connectivity index (χ1n) is 12.1.